The van der Waals surface area contributed by atoms with Gasteiger partial charge >= 0.3 is 5.97 Å². The predicted octanol–water partition coefficient (Wildman–Crippen LogP) is 2.85. The average molecular weight is 336 g/mol. The Labute approximate surface area is 143 Å². The van der Waals surface area contributed by atoms with Crippen molar-refractivity contribution < 1.29 is 14.7 Å². The monoisotopic (exact) mass is 336 g/mol. The second-order valence-corrected chi connectivity index (χ2v) is 5.86. The number of fused-ring (bicyclic) bond motifs is 1. The van der Waals surface area contributed by atoms with E-state index >= 15 is 0 Å². The predicted molar refractivity (Wildman–Crippen MR) is 93.2 cm³/mol. The lowest BCUT2D eigenvalue weighted by atomic mass is 10.0. The quantitative estimate of drug-likeness (QED) is 0.740. The molecule has 0 saturated carbocycles. The third-order valence-electron chi connectivity index (χ3n) is 4.11. The first-order chi connectivity index (χ1) is 11.9. The number of carboxylic acid groups (broad SMARTS) is 1. The van der Waals surface area contributed by atoms with Crippen molar-refractivity contribution in [2.24, 2.45) is 0 Å². The molecule has 3 rings (SSSR count). The molecule has 6 nitrogen and oxygen atoms in total. The highest BCUT2D eigenvalue weighted by atomic mass is 16.4. The number of carboxylic acids is 1. The van der Waals surface area contributed by atoms with Gasteiger partial charge in [-0.3, -0.25) is 9.59 Å². The molecule has 3 aromatic rings. The molecule has 0 fully saturated rings. The SMILES string of the molecule is Cc1ccc(C(=O)C(C)n2nc(C(=O)O)c3ccccc3c2=O)cc1. The third-order valence-corrected chi connectivity index (χ3v) is 4.11. The van der Waals surface area contributed by atoms with Crippen molar-refractivity contribution in [1.82, 2.24) is 9.78 Å². The first kappa shape index (κ1) is 16.6. The van der Waals surface area contributed by atoms with E-state index in [0.29, 0.717) is 5.56 Å². The smallest absolute Gasteiger partial charge is 0.357 e. The Morgan fingerprint density at radius 1 is 1.04 bits per heavy atom. The molecule has 0 saturated heterocycles. The number of hydrogen-bond acceptors (Lipinski definition) is 4. The molecule has 1 N–H and O–H groups in total. The van der Waals surface area contributed by atoms with Crippen molar-refractivity contribution in [3.63, 3.8) is 0 Å². The Morgan fingerprint density at radius 2 is 1.64 bits per heavy atom. The summed E-state index contributed by atoms with van der Waals surface area (Å²) < 4.78 is 0.952. The molecule has 1 atom stereocenters. The van der Waals surface area contributed by atoms with Gasteiger partial charge in [0.25, 0.3) is 5.56 Å². The Morgan fingerprint density at radius 3 is 2.24 bits per heavy atom. The summed E-state index contributed by atoms with van der Waals surface area (Å²) in [6.07, 6.45) is 0. The molecule has 0 aliphatic rings. The van der Waals surface area contributed by atoms with Gasteiger partial charge < -0.3 is 5.11 Å². The third kappa shape index (κ3) is 2.94. The summed E-state index contributed by atoms with van der Waals surface area (Å²) in [7, 11) is 0. The van der Waals surface area contributed by atoms with E-state index in [-0.39, 0.29) is 22.2 Å². The number of nitrogens with zero attached hydrogens (tertiary/aromatic N) is 2. The Kier molecular flexibility index (Phi) is 4.19. The molecule has 0 amide bonds. The second kappa shape index (κ2) is 6.32. The van der Waals surface area contributed by atoms with Crippen LogP contribution in [0.3, 0.4) is 0 Å². The van der Waals surface area contributed by atoms with E-state index < -0.39 is 17.6 Å². The number of carbonyl (C=O) groups excluding carboxylic acids is 1. The normalized spacial score (nSPS) is 12.1. The number of benzene rings is 2. The van der Waals surface area contributed by atoms with E-state index in [2.05, 4.69) is 5.10 Å². The van der Waals surface area contributed by atoms with Crippen LogP contribution in [0.15, 0.2) is 53.3 Å². The van der Waals surface area contributed by atoms with Crippen LogP contribution in [0.1, 0.15) is 39.4 Å². The fourth-order valence-corrected chi connectivity index (χ4v) is 2.70. The van der Waals surface area contributed by atoms with Crippen LogP contribution < -0.4 is 5.56 Å². The maximum atomic E-state index is 12.7. The number of carbonyl (C=O) groups is 2. The lowest BCUT2D eigenvalue weighted by Gasteiger charge is -2.15. The maximum absolute atomic E-state index is 12.7. The molecule has 25 heavy (non-hydrogen) atoms. The van der Waals surface area contributed by atoms with Crippen molar-refractivity contribution in [1.29, 1.82) is 0 Å². The van der Waals surface area contributed by atoms with Gasteiger partial charge in [-0.2, -0.15) is 5.10 Å². The first-order valence-electron chi connectivity index (χ1n) is 7.76. The highest BCUT2D eigenvalue weighted by Crippen LogP contribution is 2.17. The zero-order valence-electron chi connectivity index (χ0n) is 13.8. The van der Waals surface area contributed by atoms with Gasteiger partial charge in [-0.05, 0) is 19.9 Å². The van der Waals surface area contributed by atoms with E-state index in [1.807, 2.05) is 6.92 Å². The molecule has 2 aromatic carbocycles. The maximum Gasteiger partial charge on any atom is 0.357 e. The van der Waals surface area contributed by atoms with E-state index in [1.54, 1.807) is 36.4 Å². The molecular weight excluding hydrogens is 320 g/mol. The van der Waals surface area contributed by atoms with Crippen LogP contribution in [0.4, 0.5) is 0 Å². The highest BCUT2D eigenvalue weighted by Gasteiger charge is 2.23. The van der Waals surface area contributed by atoms with Crippen LogP contribution in [0, 0.1) is 6.92 Å². The topological polar surface area (TPSA) is 89.3 Å². The average Bonchev–Trinajstić information content (AvgIpc) is 2.61. The fourth-order valence-electron chi connectivity index (χ4n) is 2.70. The summed E-state index contributed by atoms with van der Waals surface area (Å²) in [5, 5.41) is 13.8. The molecule has 0 spiro atoms. The molecular formula is C19H16N2O4. The zero-order chi connectivity index (χ0) is 18.1. The standard InChI is InChI=1S/C19H16N2O4/c1-11-7-9-13(10-8-11)17(22)12(2)21-18(23)15-6-4-3-5-14(15)16(20-21)19(24)25/h3-10,12H,1-2H3,(H,24,25). The number of aromatic nitrogens is 2. The second-order valence-electron chi connectivity index (χ2n) is 5.86. The molecule has 1 unspecified atom stereocenters. The van der Waals surface area contributed by atoms with Gasteiger partial charge in [-0.15, -0.1) is 0 Å². The number of aryl methyl sites for hydroxylation is 1. The molecule has 0 aliphatic heterocycles. The van der Waals surface area contributed by atoms with Crippen LogP contribution in [-0.2, 0) is 0 Å². The Balaban J connectivity index is 2.16. The van der Waals surface area contributed by atoms with Crippen LogP contribution in [0.2, 0.25) is 0 Å². The minimum absolute atomic E-state index is 0.221. The van der Waals surface area contributed by atoms with Gasteiger partial charge in [-0.25, -0.2) is 9.48 Å². The minimum Gasteiger partial charge on any atom is -0.476 e. The lowest BCUT2D eigenvalue weighted by molar-refractivity contribution is 0.0687. The number of Topliss-reactive ketones (excluding diaryl/α,β-unsaturated/α-hetero) is 1. The van der Waals surface area contributed by atoms with Crippen molar-refractivity contribution in [3.05, 3.63) is 75.7 Å². The summed E-state index contributed by atoms with van der Waals surface area (Å²) in [6.45, 7) is 3.45. The minimum atomic E-state index is -1.25. The number of hydrogen-bond donors (Lipinski definition) is 1. The van der Waals surface area contributed by atoms with E-state index in [1.165, 1.54) is 19.1 Å². The van der Waals surface area contributed by atoms with Gasteiger partial charge in [-0.1, -0.05) is 48.0 Å². The molecule has 0 bridgehead atoms. The van der Waals surface area contributed by atoms with Crippen LogP contribution in [-0.4, -0.2) is 26.6 Å². The van der Waals surface area contributed by atoms with Crippen molar-refractivity contribution in [2.45, 2.75) is 19.9 Å². The van der Waals surface area contributed by atoms with Crippen LogP contribution >= 0.6 is 0 Å². The molecule has 126 valence electrons. The zero-order valence-corrected chi connectivity index (χ0v) is 13.8. The van der Waals surface area contributed by atoms with Crippen LogP contribution in [0.25, 0.3) is 10.8 Å². The van der Waals surface area contributed by atoms with E-state index in [0.717, 1.165) is 10.2 Å². The van der Waals surface area contributed by atoms with Crippen LogP contribution in [0.5, 0.6) is 0 Å². The highest BCUT2D eigenvalue weighted by molar-refractivity contribution is 6.02. The summed E-state index contributed by atoms with van der Waals surface area (Å²) in [4.78, 5) is 36.9. The number of aromatic carboxylic acids is 1. The molecule has 6 heteroatoms. The Bertz CT molecular complexity index is 1040. The number of ketones is 1. The van der Waals surface area contributed by atoms with Gasteiger partial charge in [0.15, 0.2) is 11.5 Å². The Hall–Kier alpha value is -3.28. The first-order valence-corrected chi connectivity index (χ1v) is 7.76. The van der Waals surface area contributed by atoms with Gasteiger partial charge in [0, 0.05) is 10.9 Å². The van der Waals surface area contributed by atoms with E-state index in [9.17, 15) is 19.5 Å². The van der Waals surface area contributed by atoms with E-state index in [4.69, 9.17) is 0 Å². The fraction of sp³-hybridized carbons (Fsp3) is 0.158. The van der Waals surface area contributed by atoms with Crippen molar-refractivity contribution in [2.75, 3.05) is 0 Å². The summed E-state index contributed by atoms with van der Waals surface area (Å²) in [5.74, 6) is -1.55. The summed E-state index contributed by atoms with van der Waals surface area (Å²) in [6, 6.07) is 12.4. The van der Waals surface area contributed by atoms with Crippen molar-refractivity contribution in [3.8, 4) is 0 Å². The largest absolute Gasteiger partial charge is 0.476 e. The number of rotatable bonds is 4. The summed E-state index contributed by atoms with van der Waals surface area (Å²) in [5.41, 5.74) is 0.711. The molecule has 1 aromatic heterocycles. The van der Waals surface area contributed by atoms with Gasteiger partial charge in [0.05, 0.1) is 5.39 Å². The molecule has 0 radical (unpaired) electrons. The molecule has 0 aliphatic carbocycles. The molecule has 1 heterocycles. The van der Waals surface area contributed by atoms with Gasteiger partial charge in [0.1, 0.15) is 6.04 Å². The summed E-state index contributed by atoms with van der Waals surface area (Å²) >= 11 is 0. The van der Waals surface area contributed by atoms with Gasteiger partial charge in [0.2, 0.25) is 0 Å². The lowest BCUT2D eigenvalue weighted by Crippen LogP contribution is -2.32. The van der Waals surface area contributed by atoms with Crippen molar-refractivity contribution >= 4 is 22.5 Å².